The Hall–Kier alpha value is -1.97. The molecule has 27 heavy (non-hydrogen) atoms. The fraction of sp³-hybridized carbons (Fsp3) is 0.556. The number of amides is 1. The molecule has 150 valence electrons. The second-order valence-electron chi connectivity index (χ2n) is 6.88. The number of hydrogen-bond acceptors (Lipinski definition) is 6. The van der Waals surface area contributed by atoms with Crippen molar-refractivity contribution in [1.29, 1.82) is 0 Å². The Balaban J connectivity index is 2.12. The molecular weight excluding hydrogens is 372 g/mol. The minimum Gasteiger partial charge on any atom is -0.449 e. The molecule has 9 heteroatoms. The number of carbonyl (C=O) groups is 2. The summed E-state index contributed by atoms with van der Waals surface area (Å²) in [4.78, 5) is 25.4. The summed E-state index contributed by atoms with van der Waals surface area (Å²) in [5, 5.41) is 0. The number of benzene rings is 1. The summed E-state index contributed by atoms with van der Waals surface area (Å²) in [7, 11) is -0.539. The topological polar surface area (TPSA) is 93.2 Å². The first-order chi connectivity index (χ1) is 12.5. The third kappa shape index (κ3) is 5.06. The summed E-state index contributed by atoms with van der Waals surface area (Å²) in [6.07, 6.45) is -1.30. The van der Waals surface area contributed by atoms with Crippen LogP contribution in [0.15, 0.2) is 29.2 Å². The zero-order valence-electron chi connectivity index (χ0n) is 16.2. The molecule has 1 aliphatic heterocycles. The van der Waals surface area contributed by atoms with Crippen LogP contribution in [0.2, 0.25) is 0 Å². The molecule has 1 heterocycles. The standard InChI is InChI=1S/C18H26N2O6S/c1-12-10-20(11-13(2)25-12)27(23,24)16-8-6-15(7-9-16)18(22)26-14(3)17(21)19(4)5/h6-9,12-14H,10-11H2,1-5H3/t12-,13+,14-/m0/s1. The van der Waals surface area contributed by atoms with Gasteiger partial charge < -0.3 is 14.4 Å². The van der Waals surface area contributed by atoms with E-state index in [0.717, 1.165) is 0 Å². The van der Waals surface area contributed by atoms with Gasteiger partial charge in [-0.2, -0.15) is 4.31 Å². The van der Waals surface area contributed by atoms with Crippen molar-refractivity contribution >= 4 is 21.9 Å². The van der Waals surface area contributed by atoms with Gasteiger partial charge in [0, 0.05) is 27.2 Å². The van der Waals surface area contributed by atoms with Gasteiger partial charge in [0.1, 0.15) is 0 Å². The van der Waals surface area contributed by atoms with E-state index in [0.29, 0.717) is 0 Å². The lowest BCUT2D eigenvalue weighted by molar-refractivity contribution is -0.137. The first-order valence-electron chi connectivity index (χ1n) is 8.70. The number of sulfonamides is 1. The fourth-order valence-electron chi connectivity index (χ4n) is 2.88. The summed E-state index contributed by atoms with van der Waals surface area (Å²) in [6.45, 7) is 5.70. The van der Waals surface area contributed by atoms with Gasteiger partial charge in [0.05, 0.1) is 22.7 Å². The van der Waals surface area contributed by atoms with Gasteiger partial charge in [0.25, 0.3) is 5.91 Å². The van der Waals surface area contributed by atoms with Gasteiger partial charge >= 0.3 is 5.97 Å². The second kappa shape index (κ2) is 8.37. The average Bonchev–Trinajstić information content (AvgIpc) is 2.60. The van der Waals surface area contributed by atoms with Crippen LogP contribution in [-0.2, 0) is 24.3 Å². The first kappa shape index (κ1) is 21.3. The summed E-state index contributed by atoms with van der Waals surface area (Å²) in [5.74, 6) is -1.02. The minimum absolute atomic E-state index is 0.0952. The zero-order chi connectivity index (χ0) is 20.4. The molecule has 1 fully saturated rings. The van der Waals surface area contributed by atoms with Gasteiger partial charge in [-0.05, 0) is 45.0 Å². The molecule has 0 radical (unpaired) electrons. The number of carbonyl (C=O) groups excluding carboxylic acids is 2. The molecule has 0 unspecified atom stereocenters. The Kier molecular flexibility index (Phi) is 6.61. The van der Waals surface area contributed by atoms with E-state index in [4.69, 9.17) is 9.47 Å². The van der Waals surface area contributed by atoms with Crippen molar-refractivity contribution in [2.24, 2.45) is 0 Å². The second-order valence-corrected chi connectivity index (χ2v) is 8.82. The van der Waals surface area contributed by atoms with Crippen LogP contribution < -0.4 is 0 Å². The van der Waals surface area contributed by atoms with Crippen molar-refractivity contribution in [2.45, 2.75) is 44.0 Å². The van der Waals surface area contributed by atoms with Gasteiger partial charge in [-0.25, -0.2) is 13.2 Å². The quantitative estimate of drug-likeness (QED) is 0.690. The molecule has 1 amide bonds. The molecule has 0 aromatic heterocycles. The van der Waals surface area contributed by atoms with Gasteiger partial charge in [-0.15, -0.1) is 0 Å². The number of morpholine rings is 1. The summed E-state index contributed by atoms with van der Waals surface area (Å²) in [5.41, 5.74) is 0.177. The summed E-state index contributed by atoms with van der Waals surface area (Å²) in [6, 6.07) is 5.51. The van der Waals surface area contributed by atoms with Crippen LogP contribution in [0.5, 0.6) is 0 Å². The predicted octanol–water partition coefficient (Wildman–Crippen LogP) is 1.12. The van der Waals surface area contributed by atoms with Crippen LogP contribution in [0.3, 0.4) is 0 Å². The molecule has 0 saturated carbocycles. The number of likely N-dealkylation sites (N-methyl/N-ethyl adjacent to an activating group) is 1. The van der Waals surface area contributed by atoms with E-state index >= 15 is 0 Å². The number of rotatable bonds is 5. The summed E-state index contributed by atoms with van der Waals surface area (Å²) >= 11 is 0. The molecule has 1 aliphatic rings. The van der Waals surface area contributed by atoms with Crippen molar-refractivity contribution in [3.63, 3.8) is 0 Å². The average molecular weight is 398 g/mol. The monoisotopic (exact) mass is 398 g/mol. The Labute approximate surface area is 160 Å². The van der Waals surface area contributed by atoms with Crippen LogP contribution in [-0.4, -0.2) is 75.0 Å². The van der Waals surface area contributed by atoms with Crippen LogP contribution in [0.4, 0.5) is 0 Å². The van der Waals surface area contributed by atoms with Crippen molar-refractivity contribution < 1.29 is 27.5 Å². The largest absolute Gasteiger partial charge is 0.449 e. The number of ether oxygens (including phenoxy) is 2. The molecule has 8 nitrogen and oxygen atoms in total. The van der Waals surface area contributed by atoms with E-state index in [1.165, 1.54) is 40.4 Å². The van der Waals surface area contributed by atoms with Crippen molar-refractivity contribution in [1.82, 2.24) is 9.21 Å². The maximum absolute atomic E-state index is 12.8. The number of hydrogen-bond donors (Lipinski definition) is 0. The van der Waals surface area contributed by atoms with Crippen molar-refractivity contribution in [3.8, 4) is 0 Å². The number of esters is 1. The molecule has 3 atom stereocenters. The molecule has 1 aromatic rings. The van der Waals surface area contributed by atoms with Crippen molar-refractivity contribution in [2.75, 3.05) is 27.2 Å². The third-order valence-electron chi connectivity index (χ3n) is 4.19. The van der Waals surface area contributed by atoms with Crippen LogP contribution in [0.25, 0.3) is 0 Å². The van der Waals surface area contributed by atoms with E-state index in [2.05, 4.69) is 0 Å². The van der Waals surface area contributed by atoms with E-state index in [1.807, 2.05) is 13.8 Å². The summed E-state index contributed by atoms with van der Waals surface area (Å²) < 4.78 is 37.7. The lowest BCUT2D eigenvalue weighted by Gasteiger charge is -2.34. The molecule has 0 N–H and O–H groups in total. The highest BCUT2D eigenvalue weighted by Gasteiger charge is 2.32. The zero-order valence-corrected chi connectivity index (χ0v) is 17.0. The maximum atomic E-state index is 12.8. The lowest BCUT2D eigenvalue weighted by Crippen LogP contribution is -2.48. The normalized spacial score (nSPS) is 22.1. The lowest BCUT2D eigenvalue weighted by atomic mass is 10.2. The molecule has 0 spiro atoms. The van der Waals surface area contributed by atoms with Crippen LogP contribution >= 0.6 is 0 Å². The van der Waals surface area contributed by atoms with E-state index < -0.39 is 22.1 Å². The fourth-order valence-corrected chi connectivity index (χ4v) is 4.47. The Morgan fingerprint density at radius 2 is 1.67 bits per heavy atom. The Morgan fingerprint density at radius 3 is 2.15 bits per heavy atom. The van der Waals surface area contributed by atoms with Gasteiger partial charge in [-0.1, -0.05) is 0 Å². The SMILES string of the molecule is C[C@@H]1CN(S(=O)(=O)c2ccc(C(=O)O[C@@H](C)C(=O)N(C)C)cc2)C[C@H](C)O1. The van der Waals surface area contributed by atoms with E-state index in [1.54, 1.807) is 14.1 Å². The van der Waals surface area contributed by atoms with Gasteiger partial charge in [0.15, 0.2) is 6.10 Å². The smallest absolute Gasteiger partial charge is 0.338 e. The molecule has 0 aliphatic carbocycles. The molecular formula is C18H26N2O6S. The Bertz CT molecular complexity index is 781. The van der Waals surface area contributed by atoms with E-state index in [-0.39, 0.29) is 41.7 Å². The Morgan fingerprint density at radius 1 is 1.15 bits per heavy atom. The van der Waals surface area contributed by atoms with Crippen LogP contribution in [0.1, 0.15) is 31.1 Å². The molecule has 0 bridgehead atoms. The van der Waals surface area contributed by atoms with Crippen LogP contribution in [0, 0.1) is 0 Å². The van der Waals surface area contributed by atoms with Gasteiger partial charge in [-0.3, -0.25) is 4.79 Å². The highest BCUT2D eigenvalue weighted by molar-refractivity contribution is 7.89. The van der Waals surface area contributed by atoms with Gasteiger partial charge in [0.2, 0.25) is 10.0 Å². The minimum atomic E-state index is -3.68. The highest BCUT2D eigenvalue weighted by Crippen LogP contribution is 2.21. The third-order valence-corrected chi connectivity index (χ3v) is 6.03. The molecule has 1 aromatic carbocycles. The van der Waals surface area contributed by atoms with E-state index in [9.17, 15) is 18.0 Å². The highest BCUT2D eigenvalue weighted by atomic mass is 32.2. The molecule has 1 saturated heterocycles. The van der Waals surface area contributed by atoms with Crippen molar-refractivity contribution in [3.05, 3.63) is 29.8 Å². The number of nitrogens with zero attached hydrogens (tertiary/aromatic N) is 2. The maximum Gasteiger partial charge on any atom is 0.338 e. The predicted molar refractivity (Wildman–Crippen MR) is 98.8 cm³/mol. The molecule has 2 rings (SSSR count). The first-order valence-corrected chi connectivity index (χ1v) is 10.1.